The maximum atomic E-state index is 12.4. The van der Waals surface area contributed by atoms with Gasteiger partial charge >= 0.3 is 5.97 Å². The van der Waals surface area contributed by atoms with Gasteiger partial charge < -0.3 is 14.7 Å². The Bertz CT molecular complexity index is 336. The Hall–Kier alpha value is -1.10. The second kappa shape index (κ2) is 6.37. The van der Waals surface area contributed by atoms with Crippen molar-refractivity contribution >= 4 is 11.9 Å². The molecule has 1 amide bonds. The lowest BCUT2D eigenvalue weighted by atomic mass is 9.95. The van der Waals surface area contributed by atoms with Crippen LogP contribution in [0.3, 0.4) is 0 Å². The summed E-state index contributed by atoms with van der Waals surface area (Å²) in [6.45, 7) is 3.33. The molecule has 2 rings (SSSR count). The zero-order valence-corrected chi connectivity index (χ0v) is 11.5. The molecule has 2 atom stereocenters. The smallest absolute Gasteiger partial charge is 0.329 e. The number of piperidine rings is 1. The molecule has 1 aliphatic heterocycles. The summed E-state index contributed by atoms with van der Waals surface area (Å²) in [5.41, 5.74) is 0. The zero-order chi connectivity index (χ0) is 13.8. The topological polar surface area (TPSA) is 66.8 Å². The second-order valence-corrected chi connectivity index (χ2v) is 5.74. The van der Waals surface area contributed by atoms with E-state index in [0.29, 0.717) is 24.9 Å². The Balaban J connectivity index is 1.76. The lowest BCUT2D eigenvalue weighted by molar-refractivity contribution is -0.147. The van der Waals surface area contributed by atoms with Gasteiger partial charge in [0.15, 0.2) is 0 Å². The van der Waals surface area contributed by atoms with E-state index in [4.69, 9.17) is 9.84 Å². The Labute approximate surface area is 113 Å². The van der Waals surface area contributed by atoms with Gasteiger partial charge in [0.25, 0.3) is 0 Å². The van der Waals surface area contributed by atoms with Crippen molar-refractivity contribution in [1.82, 2.24) is 4.90 Å². The standard InChI is InChI=1S/C14H23NO4/c1-10-3-2-4-12(10)14(18)15-7-5-11(6-8-15)19-9-13(16)17/h10-12H,2-9H2,1H3,(H,16,17). The number of nitrogens with zero attached hydrogens (tertiary/aromatic N) is 1. The van der Waals surface area contributed by atoms with Gasteiger partial charge in [-0.2, -0.15) is 0 Å². The van der Waals surface area contributed by atoms with Crippen LogP contribution >= 0.6 is 0 Å². The highest BCUT2D eigenvalue weighted by Gasteiger charge is 2.34. The van der Waals surface area contributed by atoms with Crippen LogP contribution in [0.2, 0.25) is 0 Å². The molecule has 1 saturated carbocycles. The summed E-state index contributed by atoms with van der Waals surface area (Å²) in [5.74, 6) is 0.0740. The molecule has 0 radical (unpaired) electrons. The third-order valence-corrected chi connectivity index (χ3v) is 4.37. The van der Waals surface area contributed by atoms with Gasteiger partial charge in [0.2, 0.25) is 5.91 Å². The van der Waals surface area contributed by atoms with E-state index in [0.717, 1.165) is 32.1 Å². The van der Waals surface area contributed by atoms with E-state index < -0.39 is 5.97 Å². The van der Waals surface area contributed by atoms with Gasteiger partial charge in [-0.15, -0.1) is 0 Å². The van der Waals surface area contributed by atoms with Crippen molar-refractivity contribution in [2.45, 2.75) is 45.1 Å². The molecule has 1 saturated heterocycles. The van der Waals surface area contributed by atoms with Crippen molar-refractivity contribution in [1.29, 1.82) is 0 Å². The third kappa shape index (κ3) is 3.69. The lowest BCUT2D eigenvalue weighted by Gasteiger charge is -2.34. The van der Waals surface area contributed by atoms with Crippen molar-refractivity contribution < 1.29 is 19.4 Å². The predicted octanol–water partition coefficient (Wildman–Crippen LogP) is 1.51. The molecule has 2 fully saturated rings. The van der Waals surface area contributed by atoms with Crippen molar-refractivity contribution in [3.05, 3.63) is 0 Å². The summed E-state index contributed by atoms with van der Waals surface area (Å²) >= 11 is 0. The normalized spacial score (nSPS) is 28.6. The highest BCUT2D eigenvalue weighted by Crippen LogP contribution is 2.33. The van der Waals surface area contributed by atoms with Crippen LogP contribution < -0.4 is 0 Å². The van der Waals surface area contributed by atoms with Gasteiger partial charge in [-0.25, -0.2) is 4.79 Å². The van der Waals surface area contributed by atoms with Crippen LogP contribution in [0.5, 0.6) is 0 Å². The van der Waals surface area contributed by atoms with Gasteiger partial charge in [0.1, 0.15) is 6.61 Å². The van der Waals surface area contributed by atoms with E-state index in [1.165, 1.54) is 0 Å². The van der Waals surface area contributed by atoms with Crippen LogP contribution in [0.4, 0.5) is 0 Å². The van der Waals surface area contributed by atoms with Crippen LogP contribution in [0.1, 0.15) is 39.0 Å². The molecule has 2 unspecified atom stereocenters. The molecule has 1 aliphatic carbocycles. The number of carbonyl (C=O) groups excluding carboxylic acids is 1. The number of amides is 1. The summed E-state index contributed by atoms with van der Waals surface area (Å²) in [6, 6.07) is 0. The van der Waals surface area contributed by atoms with Crippen LogP contribution in [0.25, 0.3) is 0 Å². The molecular formula is C14H23NO4. The number of carboxylic acids is 1. The van der Waals surface area contributed by atoms with Gasteiger partial charge in [0.05, 0.1) is 6.10 Å². The minimum Gasteiger partial charge on any atom is -0.480 e. The van der Waals surface area contributed by atoms with E-state index in [9.17, 15) is 9.59 Å². The maximum Gasteiger partial charge on any atom is 0.329 e. The number of likely N-dealkylation sites (tertiary alicyclic amines) is 1. The first-order chi connectivity index (χ1) is 9.08. The molecule has 1 N–H and O–H groups in total. The van der Waals surface area contributed by atoms with Gasteiger partial charge in [-0.3, -0.25) is 4.79 Å². The molecule has 2 aliphatic rings. The number of ether oxygens (including phenoxy) is 1. The molecular weight excluding hydrogens is 246 g/mol. The molecule has 5 heteroatoms. The summed E-state index contributed by atoms with van der Waals surface area (Å²) < 4.78 is 5.28. The quantitative estimate of drug-likeness (QED) is 0.840. The molecule has 0 aromatic heterocycles. The molecule has 5 nitrogen and oxygen atoms in total. The molecule has 0 bridgehead atoms. The minimum atomic E-state index is -0.932. The van der Waals surface area contributed by atoms with Crippen molar-refractivity contribution in [3.63, 3.8) is 0 Å². The molecule has 0 aromatic carbocycles. The van der Waals surface area contributed by atoms with Crippen molar-refractivity contribution in [2.24, 2.45) is 11.8 Å². The Morgan fingerprint density at radius 1 is 1.21 bits per heavy atom. The number of aliphatic carboxylic acids is 1. The van der Waals surface area contributed by atoms with E-state index in [-0.39, 0.29) is 18.6 Å². The number of hydrogen-bond donors (Lipinski definition) is 1. The highest BCUT2D eigenvalue weighted by atomic mass is 16.5. The summed E-state index contributed by atoms with van der Waals surface area (Å²) in [4.78, 5) is 24.7. The molecule has 108 valence electrons. The fraction of sp³-hybridized carbons (Fsp3) is 0.857. The average molecular weight is 269 g/mol. The van der Waals surface area contributed by atoms with Crippen molar-refractivity contribution in [3.8, 4) is 0 Å². The molecule has 1 heterocycles. The number of carboxylic acid groups (broad SMARTS) is 1. The van der Waals surface area contributed by atoms with Crippen LogP contribution in [-0.2, 0) is 14.3 Å². The lowest BCUT2D eigenvalue weighted by Crippen LogP contribution is -2.44. The third-order valence-electron chi connectivity index (χ3n) is 4.37. The van der Waals surface area contributed by atoms with Crippen molar-refractivity contribution in [2.75, 3.05) is 19.7 Å². The van der Waals surface area contributed by atoms with Gasteiger partial charge in [0, 0.05) is 19.0 Å². The Morgan fingerprint density at radius 3 is 2.42 bits per heavy atom. The van der Waals surface area contributed by atoms with E-state index in [2.05, 4.69) is 6.92 Å². The first-order valence-corrected chi connectivity index (χ1v) is 7.20. The minimum absolute atomic E-state index is 0.0128. The van der Waals surface area contributed by atoms with Gasteiger partial charge in [-0.1, -0.05) is 13.3 Å². The number of carbonyl (C=O) groups is 2. The van der Waals surface area contributed by atoms with Crippen LogP contribution in [0.15, 0.2) is 0 Å². The molecule has 0 aromatic rings. The average Bonchev–Trinajstić information content (AvgIpc) is 2.82. The van der Waals surface area contributed by atoms with E-state index in [1.54, 1.807) is 0 Å². The summed E-state index contributed by atoms with van der Waals surface area (Å²) in [5, 5.41) is 8.57. The number of rotatable bonds is 4. The molecule has 0 spiro atoms. The zero-order valence-electron chi connectivity index (χ0n) is 11.5. The second-order valence-electron chi connectivity index (χ2n) is 5.74. The monoisotopic (exact) mass is 269 g/mol. The largest absolute Gasteiger partial charge is 0.480 e. The number of hydrogen-bond acceptors (Lipinski definition) is 3. The van der Waals surface area contributed by atoms with Gasteiger partial charge in [-0.05, 0) is 31.6 Å². The Morgan fingerprint density at radius 2 is 1.89 bits per heavy atom. The summed E-state index contributed by atoms with van der Waals surface area (Å²) in [6.07, 6.45) is 4.83. The first-order valence-electron chi connectivity index (χ1n) is 7.20. The van der Waals surface area contributed by atoms with E-state index >= 15 is 0 Å². The fourth-order valence-electron chi connectivity index (χ4n) is 3.18. The fourth-order valence-corrected chi connectivity index (χ4v) is 3.18. The molecule has 19 heavy (non-hydrogen) atoms. The first kappa shape index (κ1) is 14.3. The predicted molar refractivity (Wildman–Crippen MR) is 69.7 cm³/mol. The summed E-state index contributed by atoms with van der Waals surface area (Å²) in [7, 11) is 0. The van der Waals surface area contributed by atoms with Crippen LogP contribution in [-0.4, -0.2) is 47.7 Å². The van der Waals surface area contributed by atoms with E-state index in [1.807, 2.05) is 4.90 Å². The SMILES string of the molecule is CC1CCCC1C(=O)N1CCC(OCC(=O)O)CC1. The highest BCUT2D eigenvalue weighted by molar-refractivity contribution is 5.79. The maximum absolute atomic E-state index is 12.4. The van der Waals surface area contributed by atoms with Crippen LogP contribution in [0, 0.1) is 11.8 Å². The Kier molecular flexibility index (Phi) is 4.80.